The van der Waals surface area contributed by atoms with Gasteiger partial charge < -0.3 is 20.0 Å². The lowest BCUT2D eigenvalue weighted by Crippen LogP contribution is -2.26. The molecule has 0 saturated heterocycles. The van der Waals surface area contributed by atoms with E-state index in [1.807, 2.05) is 0 Å². The molecule has 1 aromatic heterocycles. The molecule has 0 fully saturated rings. The second kappa shape index (κ2) is 5.04. The Bertz CT molecular complexity index is 748. The Morgan fingerprint density at radius 2 is 2.05 bits per heavy atom. The number of esters is 1. The standard InChI is InChI=1S/C13H11NO6/c1-6(15)19-12(13(14)18)9-5-11(17)20-10-4-7(16)2-3-8(9)10/h2-5,12,16H,1H3,(H2,14,18). The number of hydrogen-bond donors (Lipinski definition) is 2. The third-order valence-electron chi connectivity index (χ3n) is 2.58. The number of phenols is 1. The molecule has 1 amide bonds. The normalized spacial score (nSPS) is 12.1. The predicted molar refractivity (Wildman–Crippen MR) is 67.9 cm³/mol. The highest BCUT2D eigenvalue weighted by atomic mass is 16.5. The lowest BCUT2D eigenvalue weighted by molar-refractivity contribution is -0.153. The molecule has 0 bridgehead atoms. The van der Waals surface area contributed by atoms with E-state index in [4.69, 9.17) is 14.9 Å². The molecule has 2 aromatic rings. The van der Waals surface area contributed by atoms with Gasteiger partial charge in [0.1, 0.15) is 11.3 Å². The van der Waals surface area contributed by atoms with Crippen LogP contribution in [0, 0.1) is 0 Å². The Hall–Kier alpha value is -2.83. The van der Waals surface area contributed by atoms with Crippen molar-refractivity contribution >= 4 is 22.8 Å². The maximum Gasteiger partial charge on any atom is 0.336 e. The molecule has 2 rings (SSSR count). The van der Waals surface area contributed by atoms with Gasteiger partial charge in [-0.2, -0.15) is 0 Å². The Balaban J connectivity index is 2.70. The maximum absolute atomic E-state index is 11.5. The highest BCUT2D eigenvalue weighted by Crippen LogP contribution is 2.27. The van der Waals surface area contributed by atoms with E-state index in [0.717, 1.165) is 13.0 Å². The van der Waals surface area contributed by atoms with Gasteiger partial charge in [-0.15, -0.1) is 0 Å². The third kappa shape index (κ3) is 2.61. The topological polar surface area (TPSA) is 120 Å². The van der Waals surface area contributed by atoms with Crippen molar-refractivity contribution in [2.24, 2.45) is 5.73 Å². The molecular formula is C13H11NO6. The number of carbonyl (C=O) groups is 2. The van der Waals surface area contributed by atoms with E-state index in [-0.39, 0.29) is 16.9 Å². The molecule has 1 unspecified atom stereocenters. The summed E-state index contributed by atoms with van der Waals surface area (Å²) in [5, 5.41) is 9.71. The number of benzene rings is 1. The summed E-state index contributed by atoms with van der Waals surface area (Å²) >= 11 is 0. The summed E-state index contributed by atoms with van der Waals surface area (Å²) < 4.78 is 9.74. The minimum Gasteiger partial charge on any atom is -0.508 e. The van der Waals surface area contributed by atoms with Gasteiger partial charge in [0.05, 0.1) is 0 Å². The number of ether oxygens (including phenoxy) is 1. The minimum absolute atomic E-state index is 0.0610. The lowest BCUT2D eigenvalue weighted by atomic mass is 10.0. The number of phenolic OH excluding ortho intramolecular Hbond substituents is 1. The smallest absolute Gasteiger partial charge is 0.336 e. The summed E-state index contributed by atoms with van der Waals surface area (Å²) in [6, 6.07) is 5.02. The van der Waals surface area contributed by atoms with Crippen molar-refractivity contribution in [1.29, 1.82) is 0 Å². The fourth-order valence-corrected chi connectivity index (χ4v) is 1.83. The van der Waals surface area contributed by atoms with Crippen LogP contribution in [0.4, 0.5) is 0 Å². The first-order valence-electron chi connectivity index (χ1n) is 5.62. The molecule has 0 aliphatic rings. The summed E-state index contributed by atoms with van der Waals surface area (Å²) in [5.41, 5.74) is 4.61. The van der Waals surface area contributed by atoms with Crippen molar-refractivity contribution in [3.05, 3.63) is 40.2 Å². The van der Waals surface area contributed by atoms with Crippen LogP contribution in [0.1, 0.15) is 18.6 Å². The number of carbonyl (C=O) groups excluding carboxylic acids is 2. The number of rotatable bonds is 3. The van der Waals surface area contributed by atoms with Crippen LogP contribution in [0.3, 0.4) is 0 Å². The second-order valence-electron chi connectivity index (χ2n) is 4.09. The number of aromatic hydroxyl groups is 1. The van der Waals surface area contributed by atoms with Gasteiger partial charge in [-0.25, -0.2) is 4.79 Å². The van der Waals surface area contributed by atoms with Gasteiger partial charge in [0.2, 0.25) is 6.10 Å². The molecule has 1 heterocycles. The molecule has 0 spiro atoms. The fraction of sp³-hybridized carbons (Fsp3) is 0.154. The lowest BCUT2D eigenvalue weighted by Gasteiger charge is -2.15. The van der Waals surface area contributed by atoms with E-state index in [0.29, 0.717) is 5.39 Å². The molecule has 0 saturated carbocycles. The zero-order chi connectivity index (χ0) is 14.9. The minimum atomic E-state index is -1.40. The molecule has 7 nitrogen and oxygen atoms in total. The molecule has 3 N–H and O–H groups in total. The van der Waals surface area contributed by atoms with Crippen molar-refractivity contribution in [2.75, 3.05) is 0 Å². The molecule has 0 aliphatic carbocycles. The van der Waals surface area contributed by atoms with E-state index < -0.39 is 23.6 Å². The van der Waals surface area contributed by atoms with Crippen molar-refractivity contribution in [3.63, 3.8) is 0 Å². The first-order valence-corrected chi connectivity index (χ1v) is 5.62. The van der Waals surface area contributed by atoms with Crippen LogP contribution >= 0.6 is 0 Å². The van der Waals surface area contributed by atoms with Crippen LogP contribution < -0.4 is 11.4 Å². The Labute approximate surface area is 112 Å². The van der Waals surface area contributed by atoms with E-state index >= 15 is 0 Å². The molecule has 1 aromatic carbocycles. The summed E-state index contributed by atoms with van der Waals surface area (Å²) in [6.07, 6.45) is -1.40. The summed E-state index contributed by atoms with van der Waals surface area (Å²) in [4.78, 5) is 33.9. The van der Waals surface area contributed by atoms with Crippen LogP contribution in [0.15, 0.2) is 33.5 Å². The number of fused-ring (bicyclic) bond motifs is 1. The van der Waals surface area contributed by atoms with E-state index in [1.165, 1.54) is 18.2 Å². The van der Waals surface area contributed by atoms with Gasteiger partial charge in [0.15, 0.2) is 0 Å². The average Bonchev–Trinajstić information content (AvgIpc) is 2.33. The maximum atomic E-state index is 11.5. The highest BCUT2D eigenvalue weighted by Gasteiger charge is 2.24. The quantitative estimate of drug-likeness (QED) is 0.625. The van der Waals surface area contributed by atoms with Gasteiger partial charge in [-0.05, 0) is 12.1 Å². The fourth-order valence-electron chi connectivity index (χ4n) is 1.83. The van der Waals surface area contributed by atoms with Gasteiger partial charge in [-0.3, -0.25) is 9.59 Å². The largest absolute Gasteiger partial charge is 0.508 e. The molecule has 1 atom stereocenters. The van der Waals surface area contributed by atoms with Crippen LogP contribution in [-0.4, -0.2) is 17.0 Å². The van der Waals surface area contributed by atoms with Gasteiger partial charge in [0, 0.05) is 30.0 Å². The third-order valence-corrected chi connectivity index (χ3v) is 2.58. The van der Waals surface area contributed by atoms with E-state index in [9.17, 15) is 19.5 Å². The van der Waals surface area contributed by atoms with Crippen molar-refractivity contribution in [2.45, 2.75) is 13.0 Å². The Morgan fingerprint density at radius 3 is 2.65 bits per heavy atom. The molecular weight excluding hydrogens is 266 g/mol. The van der Waals surface area contributed by atoms with Gasteiger partial charge in [0.25, 0.3) is 5.91 Å². The molecule has 7 heteroatoms. The second-order valence-corrected chi connectivity index (χ2v) is 4.09. The van der Waals surface area contributed by atoms with E-state index in [1.54, 1.807) is 0 Å². The first kappa shape index (κ1) is 13.6. The number of hydrogen-bond acceptors (Lipinski definition) is 6. The average molecular weight is 277 g/mol. The number of amides is 1. The first-order chi connectivity index (χ1) is 9.38. The zero-order valence-corrected chi connectivity index (χ0v) is 10.5. The van der Waals surface area contributed by atoms with Crippen LogP contribution in [0.2, 0.25) is 0 Å². The summed E-state index contributed by atoms with van der Waals surface area (Å²) in [7, 11) is 0. The van der Waals surface area contributed by atoms with Crippen LogP contribution in [-0.2, 0) is 14.3 Å². The highest BCUT2D eigenvalue weighted by molar-refractivity contribution is 5.90. The van der Waals surface area contributed by atoms with Crippen molar-refractivity contribution in [1.82, 2.24) is 0 Å². The van der Waals surface area contributed by atoms with Gasteiger partial charge in [-0.1, -0.05) is 0 Å². The zero-order valence-electron chi connectivity index (χ0n) is 10.5. The molecule has 0 aliphatic heterocycles. The van der Waals surface area contributed by atoms with Crippen molar-refractivity contribution in [3.8, 4) is 5.75 Å². The number of nitrogens with two attached hydrogens (primary N) is 1. The van der Waals surface area contributed by atoms with Crippen molar-refractivity contribution < 1.29 is 23.8 Å². The summed E-state index contributed by atoms with van der Waals surface area (Å²) in [6.45, 7) is 1.12. The van der Waals surface area contributed by atoms with E-state index in [2.05, 4.69) is 0 Å². The molecule has 104 valence electrons. The van der Waals surface area contributed by atoms with Crippen LogP contribution in [0.25, 0.3) is 11.0 Å². The Kier molecular flexibility index (Phi) is 3.43. The Morgan fingerprint density at radius 1 is 1.35 bits per heavy atom. The van der Waals surface area contributed by atoms with Crippen LogP contribution in [0.5, 0.6) is 5.75 Å². The number of primary amides is 1. The van der Waals surface area contributed by atoms with Gasteiger partial charge >= 0.3 is 11.6 Å². The monoisotopic (exact) mass is 277 g/mol. The molecule has 20 heavy (non-hydrogen) atoms. The SMILES string of the molecule is CC(=O)OC(C(N)=O)c1cc(=O)oc2cc(O)ccc12. The summed E-state index contributed by atoms with van der Waals surface area (Å²) in [5.74, 6) is -1.74. The predicted octanol–water partition coefficient (Wildman–Crippen LogP) is 0.588. The molecule has 0 radical (unpaired) electrons.